The highest BCUT2D eigenvalue weighted by Gasteiger charge is 2.41. The SMILES string of the molecule is CCCC1(CNC(=O)c2ccc(S(=O)(=O)Cl)cc2C)CC1. The minimum absolute atomic E-state index is 0.0165. The summed E-state index contributed by atoms with van der Waals surface area (Å²) in [6.07, 6.45) is 4.60. The van der Waals surface area contributed by atoms with Gasteiger partial charge in [-0.2, -0.15) is 0 Å². The van der Waals surface area contributed by atoms with E-state index >= 15 is 0 Å². The molecule has 21 heavy (non-hydrogen) atoms. The van der Waals surface area contributed by atoms with Gasteiger partial charge in [0.25, 0.3) is 15.0 Å². The lowest BCUT2D eigenvalue weighted by Crippen LogP contribution is -2.30. The maximum Gasteiger partial charge on any atom is 0.261 e. The molecule has 2 rings (SSSR count). The summed E-state index contributed by atoms with van der Waals surface area (Å²) in [5, 5.41) is 2.96. The second-order valence-electron chi connectivity index (χ2n) is 5.85. The Kier molecular flexibility index (Phi) is 4.63. The predicted molar refractivity (Wildman–Crippen MR) is 83.1 cm³/mol. The van der Waals surface area contributed by atoms with E-state index in [2.05, 4.69) is 12.2 Å². The summed E-state index contributed by atoms with van der Waals surface area (Å²) in [7, 11) is 1.54. The Balaban J connectivity index is 2.06. The molecule has 1 saturated carbocycles. The molecule has 1 aliphatic rings. The standard InChI is InChI=1S/C15H20ClNO3S/c1-3-6-15(7-8-15)10-17-14(18)13-5-4-12(9-11(13)2)21(16,19)20/h4-5,9H,3,6-8,10H2,1-2H3,(H,17,18). The molecular weight excluding hydrogens is 310 g/mol. The highest BCUT2D eigenvalue weighted by Crippen LogP contribution is 2.48. The Morgan fingerprint density at radius 1 is 1.38 bits per heavy atom. The average Bonchev–Trinajstić information content (AvgIpc) is 3.15. The van der Waals surface area contributed by atoms with Crippen molar-refractivity contribution < 1.29 is 13.2 Å². The summed E-state index contributed by atoms with van der Waals surface area (Å²) in [5.41, 5.74) is 1.39. The van der Waals surface area contributed by atoms with E-state index in [9.17, 15) is 13.2 Å². The van der Waals surface area contributed by atoms with E-state index in [0.717, 1.165) is 12.8 Å². The van der Waals surface area contributed by atoms with Crippen LogP contribution >= 0.6 is 10.7 Å². The zero-order chi connectivity index (χ0) is 15.7. The average molecular weight is 330 g/mol. The number of halogens is 1. The summed E-state index contributed by atoms with van der Waals surface area (Å²) in [5.74, 6) is -0.159. The van der Waals surface area contributed by atoms with E-state index in [0.29, 0.717) is 17.7 Å². The fourth-order valence-electron chi connectivity index (χ4n) is 2.63. The van der Waals surface area contributed by atoms with Gasteiger partial charge in [0.15, 0.2) is 0 Å². The molecule has 0 radical (unpaired) electrons. The Morgan fingerprint density at radius 2 is 2.05 bits per heavy atom. The van der Waals surface area contributed by atoms with Crippen molar-refractivity contribution >= 4 is 25.6 Å². The second kappa shape index (κ2) is 5.97. The van der Waals surface area contributed by atoms with Gasteiger partial charge in [-0.3, -0.25) is 4.79 Å². The number of carbonyl (C=O) groups is 1. The number of hydrogen-bond acceptors (Lipinski definition) is 3. The first-order chi connectivity index (χ1) is 9.77. The molecular formula is C15H20ClNO3S. The van der Waals surface area contributed by atoms with Crippen LogP contribution in [0.25, 0.3) is 0 Å². The van der Waals surface area contributed by atoms with Gasteiger partial charge in [0.05, 0.1) is 4.90 Å². The van der Waals surface area contributed by atoms with Crippen molar-refractivity contribution in [1.29, 1.82) is 0 Å². The molecule has 6 heteroatoms. The maximum absolute atomic E-state index is 12.2. The van der Waals surface area contributed by atoms with Gasteiger partial charge in [-0.05, 0) is 55.4 Å². The van der Waals surface area contributed by atoms with Crippen LogP contribution in [-0.2, 0) is 9.05 Å². The van der Waals surface area contributed by atoms with E-state index < -0.39 is 9.05 Å². The third-order valence-electron chi connectivity index (χ3n) is 4.09. The van der Waals surface area contributed by atoms with Crippen molar-refractivity contribution in [3.63, 3.8) is 0 Å². The number of benzene rings is 1. The van der Waals surface area contributed by atoms with Gasteiger partial charge in [-0.25, -0.2) is 8.42 Å². The molecule has 4 nitrogen and oxygen atoms in total. The van der Waals surface area contributed by atoms with Crippen LogP contribution in [0.3, 0.4) is 0 Å². The number of hydrogen-bond donors (Lipinski definition) is 1. The molecule has 1 aromatic rings. The van der Waals surface area contributed by atoms with Crippen molar-refractivity contribution in [2.75, 3.05) is 6.54 Å². The summed E-state index contributed by atoms with van der Waals surface area (Å²) < 4.78 is 22.5. The molecule has 0 unspecified atom stereocenters. The Labute approximate surface area is 130 Å². The minimum Gasteiger partial charge on any atom is -0.351 e. The lowest BCUT2D eigenvalue weighted by molar-refractivity contribution is 0.0943. The fraction of sp³-hybridized carbons (Fsp3) is 0.533. The van der Waals surface area contributed by atoms with Gasteiger partial charge in [0.1, 0.15) is 0 Å². The topological polar surface area (TPSA) is 63.2 Å². The third-order valence-corrected chi connectivity index (χ3v) is 5.44. The third kappa shape index (κ3) is 3.98. The molecule has 0 atom stereocenters. The summed E-state index contributed by atoms with van der Waals surface area (Å²) in [6, 6.07) is 4.30. The molecule has 0 aliphatic heterocycles. The molecule has 0 bridgehead atoms. The maximum atomic E-state index is 12.2. The molecule has 0 aromatic heterocycles. The number of amides is 1. The lowest BCUT2D eigenvalue weighted by Gasteiger charge is -2.15. The van der Waals surface area contributed by atoms with Crippen LogP contribution in [0.5, 0.6) is 0 Å². The Bertz CT molecular complexity index is 651. The number of rotatable bonds is 6. The Morgan fingerprint density at radius 3 is 2.52 bits per heavy atom. The first-order valence-corrected chi connectivity index (χ1v) is 9.42. The van der Waals surface area contributed by atoms with Gasteiger partial charge in [-0.1, -0.05) is 13.3 Å². The van der Waals surface area contributed by atoms with Gasteiger partial charge in [-0.15, -0.1) is 0 Å². The van der Waals surface area contributed by atoms with Gasteiger partial charge >= 0.3 is 0 Å². The number of nitrogens with one attached hydrogen (secondary N) is 1. The van der Waals surface area contributed by atoms with E-state index in [1.54, 1.807) is 6.92 Å². The molecule has 0 spiro atoms. The molecule has 0 saturated heterocycles. The number of carbonyl (C=O) groups excluding carboxylic acids is 1. The van der Waals surface area contributed by atoms with Crippen LogP contribution in [0.1, 0.15) is 48.5 Å². The predicted octanol–water partition coefficient (Wildman–Crippen LogP) is 3.23. The molecule has 1 amide bonds. The van der Waals surface area contributed by atoms with Crippen LogP contribution < -0.4 is 5.32 Å². The smallest absolute Gasteiger partial charge is 0.261 e. The van der Waals surface area contributed by atoms with Crippen LogP contribution in [-0.4, -0.2) is 20.9 Å². The summed E-state index contributed by atoms with van der Waals surface area (Å²) >= 11 is 0. The van der Waals surface area contributed by atoms with Crippen LogP contribution in [0.15, 0.2) is 23.1 Å². The lowest BCUT2D eigenvalue weighted by atomic mass is 10.0. The fourth-order valence-corrected chi connectivity index (χ4v) is 3.46. The zero-order valence-electron chi connectivity index (χ0n) is 12.3. The van der Waals surface area contributed by atoms with Gasteiger partial charge in [0, 0.05) is 22.8 Å². The van der Waals surface area contributed by atoms with E-state index in [-0.39, 0.29) is 16.2 Å². The molecule has 1 aromatic carbocycles. The van der Waals surface area contributed by atoms with Crippen molar-refractivity contribution in [2.45, 2.75) is 44.4 Å². The highest BCUT2D eigenvalue weighted by molar-refractivity contribution is 8.13. The highest BCUT2D eigenvalue weighted by atomic mass is 35.7. The first kappa shape index (κ1) is 16.3. The monoisotopic (exact) mass is 329 g/mol. The summed E-state index contributed by atoms with van der Waals surface area (Å²) in [4.78, 5) is 12.2. The molecule has 1 N–H and O–H groups in total. The van der Waals surface area contributed by atoms with Crippen LogP contribution in [0, 0.1) is 12.3 Å². The van der Waals surface area contributed by atoms with E-state index in [1.165, 1.54) is 31.0 Å². The van der Waals surface area contributed by atoms with Crippen molar-refractivity contribution in [2.24, 2.45) is 5.41 Å². The van der Waals surface area contributed by atoms with Crippen molar-refractivity contribution in [3.05, 3.63) is 29.3 Å². The summed E-state index contributed by atoms with van der Waals surface area (Å²) in [6.45, 7) is 4.55. The zero-order valence-corrected chi connectivity index (χ0v) is 13.9. The normalized spacial score (nSPS) is 16.5. The van der Waals surface area contributed by atoms with E-state index in [4.69, 9.17) is 10.7 Å². The van der Waals surface area contributed by atoms with Gasteiger partial charge < -0.3 is 5.32 Å². The molecule has 1 fully saturated rings. The van der Waals surface area contributed by atoms with E-state index in [1.807, 2.05) is 0 Å². The van der Waals surface area contributed by atoms with Crippen LogP contribution in [0.2, 0.25) is 0 Å². The Hall–Kier alpha value is -1.07. The largest absolute Gasteiger partial charge is 0.351 e. The first-order valence-electron chi connectivity index (χ1n) is 7.11. The number of aryl methyl sites for hydroxylation is 1. The van der Waals surface area contributed by atoms with Crippen molar-refractivity contribution in [1.82, 2.24) is 5.32 Å². The molecule has 116 valence electrons. The van der Waals surface area contributed by atoms with Gasteiger partial charge in [0.2, 0.25) is 0 Å². The quantitative estimate of drug-likeness (QED) is 0.815. The van der Waals surface area contributed by atoms with Crippen molar-refractivity contribution in [3.8, 4) is 0 Å². The second-order valence-corrected chi connectivity index (χ2v) is 8.41. The van der Waals surface area contributed by atoms with Crippen LogP contribution in [0.4, 0.5) is 0 Å². The molecule has 1 aliphatic carbocycles. The molecule has 0 heterocycles. The minimum atomic E-state index is -3.76.